The lowest BCUT2D eigenvalue weighted by atomic mass is 9.92. The van der Waals surface area contributed by atoms with Crippen LogP contribution in [-0.2, 0) is 4.74 Å². The average Bonchev–Trinajstić information content (AvgIpc) is 2.94. The van der Waals surface area contributed by atoms with Gasteiger partial charge in [0.2, 0.25) is 0 Å². The fourth-order valence-corrected chi connectivity index (χ4v) is 4.31. The number of hydrogen-bond acceptors (Lipinski definition) is 5. The van der Waals surface area contributed by atoms with E-state index in [9.17, 15) is 14.3 Å². The van der Waals surface area contributed by atoms with E-state index in [1.807, 2.05) is 0 Å². The molecule has 5 nitrogen and oxygen atoms in total. The van der Waals surface area contributed by atoms with Crippen LogP contribution in [0.1, 0.15) is 31.2 Å². The Balaban J connectivity index is 1.70. The number of carbonyl (C=O) groups is 1. The Morgan fingerprint density at radius 3 is 3.04 bits per heavy atom. The van der Waals surface area contributed by atoms with Crippen molar-refractivity contribution in [3.63, 3.8) is 0 Å². The molecule has 2 heterocycles. The normalized spacial score (nSPS) is 26.4. The van der Waals surface area contributed by atoms with E-state index in [-0.39, 0.29) is 17.8 Å². The molecule has 0 saturated carbocycles. The molecule has 1 amide bonds. The number of benzene rings is 1. The number of ether oxygens (including phenoxy) is 1. The fraction of sp³-hybridized carbons (Fsp3) is 0.529. The highest BCUT2D eigenvalue weighted by Gasteiger charge is 2.33. The van der Waals surface area contributed by atoms with Gasteiger partial charge in [0.05, 0.1) is 29.2 Å². The van der Waals surface area contributed by atoms with E-state index in [0.29, 0.717) is 35.7 Å². The third-order valence-electron chi connectivity index (χ3n) is 4.45. The summed E-state index contributed by atoms with van der Waals surface area (Å²) < 4.78 is 19.9. The Labute approximate surface area is 155 Å². The second-order valence-electron chi connectivity index (χ2n) is 6.31. The van der Waals surface area contributed by atoms with Gasteiger partial charge in [0, 0.05) is 0 Å². The van der Waals surface area contributed by atoms with E-state index >= 15 is 0 Å². The molecule has 0 radical (unpaired) electrons. The molecule has 2 aliphatic rings. The molecule has 1 aromatic rings. The number of hydrogen-bond donors (Lipinski definition) is 2. The topological polar surface area (TPSA) is 61.8 Å². The van der Waals surface area contributed by atoms with Crippen LogP contribution in [-0.4, -0.2) is 46.6 Å². The second kappa shape index (κ2) is 7.88. The van der Waals surface area contributed by atoms with Crippen molar-refractivity contribution in [2.45, 2.75) is 37.2 Å². The monoisotopic (exact) mass is 384 g/mol. The number of thioether (sulfide) groups is 1. The standard InChI is InChI=1S/C17H21FN2O3S2/c1-10(24)19-8-13-9-20(17(22)23-13)12-2-3-14(15(18)7-12)11-4-5-25-16(21)6-11/h2-3,7,11,13,16,21H,4-6,8-9H2,1H3,(H,19,24)/t11-,13?,16+/m1/s1. The van der Waals surface area contributed by atoms with Gasteiger partial charge >= 0.3 is 6.09 Å². The third-order valence-corrected chi connectivity index (χ3v) is 5.64. The van der Waals surface area contributed by atoms with Gasteiger partial charge in [-0.25, -0.2) is 9.18 Å². The Morgan fingerprint density at radius 1 is 1.56 bits per heavy atom. The minimum absolute atomic E-state index is 0.0124. The molecule has 3 rings (SSSR count). The largest absolute Gasteiger partial charge is 0.442 e. The number of aliphatic hydroxyl groups is 1. The number of nitrogens with zero attached hydrogens (tertiary/aromatic N) is 1. The van der Waals surface area contributed by atoms with Gasteiger partial charge in [-0.05, 0) is 49.1 Å². The molecule has 8 heteroatoms. The predicted octanol–water partition coefficient (Wildman–Crippen LogP) is 3.02. The van der Waals surface area contributed by atoms with Gasteiger partial charge in [0.25, 0.3) is 0 Å². The predicted molar refractivity (Wildman–Crippen MR) is 101 cm³/mol. The molecular weight excluding hydrogens is 363 g/mol. The van der Waals surface area contributed by atoms with Gasteiger partial charge in [-0.3, -0.25) is 4.90 Å². The molecule has 2 N–H and O–H groups in total. The zero-order valence-corrected chi connectivity index (χ0v) is 15.5. The summed E-state index contributed by atoms with van der Waals surface area (Å²) in [7, 11) is 0. The Morgan fingerprint density at radius 2 is 2.36 bits per heavy atom. The van der Waals surface area contributed by atoms with Crippen LogP contribution in [0.3, 0.4) is 0 Å². The average molecular weight is 384 g/mol. The van der Waals surface area contributed by atoms with Crippen molar-refractivity contribution >= 4 is 40.7 Å². The molecular formula is C17H21FN2O3S2. The molecule has 136 valence electrons. The minimum atomic E-state index is -0.481. The van der Waals surface area contributed by atoms with Gasteiger partial charge in [-0.1, -0.05) is 18.3 Å². The first-order valence-electron chi connectivity index (χ1n) is 8.25. The maximum absolute atomic E-state index is 14.6. The fourth-order valence-electron chi connectivity index (χ4n) is 3.17. The number of rotatable bonds is 4. The highest BCUT2D eigenvalue weighted by molar-refractivity contribution is 7.99. The number of thiocarbonyl (C=S) groups is 1. The van der Waals surface area contributed by atoms with E-state index in [1.54, 1.807) is 19.1 Å². The molecule has 0 spiro atoms. The zero-order valence-electron chi connectivity index (χ0n) is 13.9. The van der Waals surface area contributed by atoms with E-state index in [0.717, 1.165) is 12.2 Å². The number of amides is 1. The van der Waals surface area contributed by atoms with Gasteiger partial charge in [-0.15, -0.1) is 11.8 Å². The van der Waals surface area contributed by atoms with Crippen LogP contribution in [0.25, 0.3) is 0 Å². The summed E-state index contributed by atoms with van der Waals surface area (Å²) in [6, 6.07) is 4.84. The van der Waals surface area contributed by atoms with Crippen LogP contribution in [0.5, 0.6) is 0 Å². The van der Waals surface area contributed by atoms with Crippen LogP contribution in [0.2, 0.25) is 0 Å². The van der Waals surface area contributed by atoms with Crippen LogP contribution in [0.4, 0.5) is 14.9 Å². The summed E-state index contributed by atoms with van der Waals surface area (Å²) in [5.41, 5.74) is 0.646. The van der Waals surface area contributed by atoms with Crippen molar-refractivity contribution in [1.29, 1.82) is 0 Å². The van der Waals surface area contributed by atoms with Crippen molar-refractivity contribution in [2.75, 3.05) is 23.7 Å². The number of halogens is 1. The summed E-state index contributed by atoms with van der Waals surface area (Å²) in [4.78, 5) is 14.1. The van der Waals surface area contributed by atoms with Crippen LogP contribution in [0, 0.1) is 5.82 Å². The van der Waals surface area contributed by atoms with Gasteiger partial charge in [0.1, 0.15) is 11.9 Å². The quantitative estimate of drug-likeness (QED) is 0.778. The highest BCUT2D eigenvalue weighted by atomic mass is 32.2. The molecule has 2 fully saturated rings. The van der Waals surface area contributed by atoms with Crippen LogP contribution in [0.15, 0.2) is 18.2 Å². The number of nitrogens with one attached hydrogen (secondary N) is 1. The molecule has 2 saturated heterocycles. The molecule has 0 aromatic heterocycles. The lowest BCUT2D eigenvalue weighted by Crippen LogP contribution is -2.32. The van der Waals surface area contributed by atoms with E-state index in [2.05, 4.69) is 5.32 Å². The van der Waals surface area contributed by atoms with Gasteiger partial charge < -0.3 is 15.2 Å². The number of anilines is 1. The molecule has 0 bridgehead atoms. The maximum Gasteiger partial charge on any atom is 0.414 e. The Hall–Kier alpha value is -1.38. The van der Waals surface area contributed by atoms with Crippen LogP contribution < -0.4 is 10.2 Å². The van der Waals surface area contributed by atoms with E-state index in [1.165, 1.54) is 22.7 Å². The maximum atomic E-state index is 14.6. The number of aliphatic hydroxyl groups excluding tert-OH is 1. The Bertz CT molecular complexity index is 673. The van der Waals surface area contributed by atoms with E-state index in [4.69, 9.17) is 17.0 Å². The number of cyclic esters (lactones) is 1. The van der Waals surface area contributed by atoms with Gasteiger partial charge in [-0.2, -0.15) is 0 Å². The minimum Gasteiger partial charge on any atom is -0.442 e. The first kappa shape index (κ1) is 18.4. The van der Waals surface area contributed by atoms with Crippen molar-refractivity contribution in [3.8, 4) is 0 Å². The van der Waals surface area contributed by atoms with Crippen molar-refractivity contribution in [2.24, 2.45) is 0 Å². The molecule has 2 aliphatic heterocycles. The third kappa shape index (κ3) is 4.43. The molecule has 1 unspecified atom stereocenters. The molecule has 1 aromatic carbocycles. The summed E-state index contributed by atoms with van der Waals surface area (Å²) in [6.45, 7) is 2.56. The molecule has 25 heavy (non-hydrogen) atoms. The van der Waals surface area contributed by atoms with E-state index < -0.39 is 11.5 Å². The summed E-state index contributed by atoms with van der Waals surface area (Å²) in [6.07, 6.45) is 0.593. The molecule has 0 aliphatic carbocycles. The second-order valence-corrected chi connectivity index (χ2v) is 8.20. The molecule has 3 atom stereocenters. The van der Waals surface area contributed by atoms with Crippen molar-refractivity contribution in [3.05, 3.63) is 29.6 Å². The summed E-state index contributed by atoms with van der Waals surface area (Å²) in [5.74, 6) is 0.489. The first-order chi connectivity index (χ1) is 11.9. The first-order valence-corrected chi connectivity index (χ1v) is 9.71. The lowest BCUT2D eigenvalue weighted by molar-refractivity contribution is 0.143. The lowest BCUT2D eigenvalue weighted by Gasteiger charge is -2.26. The van der Waals surface area contributed by atoms with Crippen molar-refractivity contribution < 1.29 is 19.0 Å². The van der Waals surface area contributed by atoms with Crippen LogP contribution >= 0.6 is 24.0 Å². The van der Waals surface area contributed by atoms with Crippen molar-refractivity contribution in [1.82, 2.24) is 5.32 Å². The summed E-state index contributed by atoms with van der Waals surface area (Å²) in [5, 5.41) is 12.7. The smallest absolute Gasteiger partial charge is 0.414 e. The Kier molecular flexibility index (Phi) is 5.81. The summed E-state index contributed by atoms with van der Waals surface area (Å²) >= 11 is 6.45. The van der Waals surface area contributed by atoms with Gasteiger partial charge in [0.15, 0.2) is 0 Å². The zero-order chi connectivity index (χ0) is 18.0. The SMILES string of the molecule is CC(=S)NCC1CN(c2ccc([C@@H]3CCS[C@H](O)C3)c(F)c2)C(=O)O1. The number of carbonyl (C=O) groups excluding carboxylic acids is 1. The highest BCUT2D eigenvalue weighted by Crippen LogP contribution is 2.37.